The fourth-order valence-electron chi connectivity index (χ4n) is 6.82. The van der Waals surface area contributed by atoms with Crippen molar-refractivity contribution >= 4 is 54.2 Å². The second-order valence-corrected chi connectivity index (χ2v) is 18.6. The number of halogens is 4. The highest BCUT2D eigenvalue weighted by Crippen LogP contribution is 2.38. The smallest absolute Gasteiger partial charge is 0.294 e. The Hall–Kier alpha value is -5.10. The predicted octanol–water partition coefficient (Wildman–Crippen LogP) is 8.99. The van der Waals surface area contributed by atoms with Gasteiger partial charge in [-0.15, -0.1) is 0 Å². The van der Waals surface area contributed by atoms with Crippen molar-refractivity contribution in [3.05, 3.63) is 107 Å². The maximum Gasteiger partial charge on any atom is 0.294 e. The van der Waals surface area contributed by atoms with E-state index >= 15 is 0 Å². The van der Waals surface area contributed by atoms with E-state index < -0.39 is 36.8 Å². The third-order valence-corrected chi connectivity index (χ3v) is 14.2. The van der Waals surface area contributed by atoms with Crippen LogP contribution in [-0.2, 0) is 20.0 Å². The third kappa shape index (κ3) is 11.1. The van der Waals surface area contributed by atoms with E-state index in [1.807, 2.05) is 0 Å². The molecular formula is C40H48F4N6O6S2. The predicted molar refractivity (Wildman–Crippen MR) is 219 cm³/mol. The number of sulfonamides is 2. The molecule has 4 N–H and O–H groups in total. The lowest BCUT2D eigenvalue weighted by Crippen LogP contribution is -2.28. The van der Waals surface area contributed by atoms with E-state index in [2.05, 4.69) is 10.6 Å². The topological polar surface area (TPSA) is 168 Å². The summed E-state index contributed by atoms with van der Waals surface area (Å²) in [5.41, 5.74) is 7.73. The van der Waals surface area contributed by atoms with Gasteiger partial charge in [0, 0.05) is 58.9 Å². The molecule has 0 bridgehead atoms. The van der Waals surface area contributed by atoms with Gasteiger partial charge in [0.25, 0.3) is 25.7 Å². The normalized spacial score (nSPS) is 17.0. The van der Waals surface area contributed by atoms with Crippen molar-refractivity contribution in [3.8, 4) is 0 Å². The van der Waals surface area contributed by atoms with Crippen LogP contribution in [0.5, 0.6) is 0 Å². The van der Waals surface area contributed by atoms with Crippen LogP contribution in [0, 0.1) is 22.0 Å². The number of nitro benzene ring substituents is 1. The van der Waals surface area contributed by atoms with E-state index in [0.717, 1.165) is 4.31 Å². The van der Waals surface area contributed by atoms with Gasteiger partial charge in [0.15, 0.2) is 0 Å². The molecule has 0 spiro atoms. The number of anilines is 5. The van der Waals surface area contributed by atoms with Crippen LogP contribution in [0.3, 0.4) is 0 Å². The number of rotatable bonds is 13. The van der Waals surface area contributed by atoms with Gasteiger partial charge in [0.05, 0.1) is 37.5 Å². The first-order valence-corrected chi connectivity index (χ1v) is 21.7. The van der Waals surface area contributed by atoms with Crippen LogP contribution in [-0.4, -0.2) is 60.8 Å². The first-order valence-electron chi connectivity index (χ1n) is 18.8. The molecule has 0 radical (unpaired) electrons. The van der Waals surface area contributed by atoms with Crippen LogP contribution in [0.25, 0.3) is 0 Å². The molecule has 58 heavy (non-hydrogen) atoms. The fourth-order valence-corrected chi connectivity index (χ4v) is 9.24. The molecule has 6 rings (SSSR count). The highest BCUT2D eigenvalue weighted by atomic mass is 32.2. The molecule has 2 aliphatic rings. The van der Waals surface area contributed by atoms with Crippen LogP contribution in [0.2, 0.25) is 0 Å². The summed E-state index contributed by atoms with van der Waals surface area (Å²) in [5, 5.41) is 17.7. The van der Waals surface area contributed by atoms with Crippen molar-refractivity contribution in [1.82, 2.24) is 0 Å². The van der Waals surface area contributed by atoms with Gasteiger partial charge in [-0.05, 0) is 92.1 Å². The number of hydrogen-bond donors (Lipinski definition) is 3. The molecule has 2 fully saturated rings. The quantitative estimate of drug-likeness (QED) is 0.0515. The number of nitrogens with zero attached hydrogens (tertiary/aromatic N) is 3. The van der Waals surface area contributed by atoms with Gasteiger partial charge in [0.2, 0.25) is 11.8 Å². The van der Waals surface area contributed by atoms with E-state index in [-0.39, 0.29) is 64.4 Å². The van der Waals surface area contributed by atoms with Crippen molar-refractivity contribution in [2.45, 2.75) is 73.0 Å². The molecule has 0 atom stereocenters. The van der Waals surface area contributed by atoms with E-state index in [0.29, 0.717) is 55.8 Å². The molecule has 0 heterocycles. The highest BCUT2D eigenvalue weighted by Gasteiger charge is 2.36. The third-order valence-electron chi connectivity index (χ3n) is 10.6. The lowest BCUT2D eigenvalue weighted by Gasteiger charge is -2.28. The monoisotopic (exact) mass is 848 g/mol. The maximum atomic E-state index is 13.3. The van der Waals surface area contributed by atoms with E-state index in [4.69, 9.17) is 5.73 Å². The summed E-state index contributed by atoms with van der Waals surface area (Å²) in [4.78, 5) is 11.2. The number of nitrogens with two attached hydrogens (primary N) is 1. The van der Waals surface area contributed by atoms with Crippen molar-refractivity contribution < 1.29 is 39.3 Å². The van der Waals surface area contributed by atoms with Crippen molar-refractivity contribution in [2.75, 3.05) is 52.2 Å². The second kappa shape index (κ2) is 18.2. The van der Waals surface area contributed by atoms with Gasteiger partial charge in [-0.2, -0.15) is 0 Å². The number of benzene rings is 4. The van der Waals surface area contributed by atoms with Crippen LogP contribution < -0.4 is 25.0 Å². The SMILES string of the molecule is CN(c1ccc(NCC2CCC(F)(F)CC2)c(N)c1)S(=O)(=O)c1ccccc1.CN(c1ccc(NCC2CCC(F)(F)CC2)c([N+](=O)[O-])c1)S(=O)(=O)c1ccccc1. The minimum Gasteiger partial charge on any atom is -0.397 e. The number of nitrogen functional groups attached to an aromatic ring is 1. The van der Waals surface area contributed by atoms with Gasteiger partial charge < -0.3 is 16.4 Å². The molecule has 18 heteroatoms. The molecule has 0 unspecified atom stereocenters. The van der Waals surface area contributed by atoms with Gasteiger partial charge in [0.1, 0.15) is 5.69 Å². The Morgan fingerprint density at radius 2 is 1.03 bits per heavy atom. The van der Waals surface area contributed by atoms with Crippen LogP contribution >= 0.6 is 0 Å². The molecule has 0 amide bonds. The Morgan fingerprint density at radius 1 is 0.655 bits per heavy atom. The zero-order valence-corrected chi connectivity index (χ0v) is 33.8. The molecule has 0 aromatic heterocycles. The summed E-state index contributed by atoms with van der Waals surface area (Å²) in [5.74, 6) is -4.98. The number of nitrogens with one attached hydrogen (secondary N) is 2. The fraction of sp³-hybridized carbons (Fsp3) is 0.400. The summed E-state index contributed by atoms with van der Waals surface area (Å²) < 4.78 is 106. The van der Waals surface area contributed by atoms with Gasteiger partial charge in [-0.1, -0.05) is 36.4 Å². The Bertz CT molecular complexity index is 2230. The summed E-state index contributed by atoms with van der Waals surface area (Å²) in [6.07, 6.45) is 1.16. The number of alkyl halides is 4. The van der Waals surface area contributed by atoms with Gasteiger partial charge >= 0.3 is 0 Å². The molecule has 0 saturated heterocycles. The summed E-state index contributed by atoms with van der Waals surface area (Å²) in [7, 11) is -4.74. The second-order valence-electron chi connectivity index (χ2n) is 14.7. The number of nitro groups is 1. The Kier molecular flexibility index (Phi) is 13.8. The summed E-state index contributed by atoms with van der Waals surface area (Å²) in [6, 6.07) is 25.1. The van der Waals surface area contributed by atoms with E-state index in [1.54, 1.807) is 66.7 Å². The summed E-state index contributed by atoms with van der Waals surface area (Å²) >= 11 is 0. The molecular weight excluding hydrogens is 801 g/mol. The van der Waals surface area contributed by atoms with E-state index in [9.17, 15) is 44.5 Å². The first kappa shape index (κ1) is 44.0. The largest absolute Gasteiger partial charge is 0.397 e. The van der Waals surface area contributed by atoms with Crippen molar-refractivity contribution in [2.24, 2.45) is 11.8 Å². The Labute approximate surface area is 336 Å². The lowest BCUT2D eigenvalue weighted by molar-refractivity contribution is -0.383. The van der Waals surface area contributed by atoms with Gasteiger partial charge in [-0.3, -0.25) is 18.7 Å². The first-order chi connectivity index (χ1) is 27.3. The average molecular weight is 849 g/mol. The molecule has 12 nitrogen and oxygen atoms in total. The van der Waals surface area contributed by atoms with Crippen molar-refractivity contribution in [1.29, 1.82) is 0 Å². The lowest BCUT2D eigenvalue weighted by atomic mass is 9.87. The minimum atomic E-state index is -3.87. The van der Waals surface area contributed by atoms with Crippen LogP contribution in [0.1, 0.15) is 51.4 Å². The molecule has 4 aromatic carbocycles. The van der Waals surface area contributed by atoms with E-state index in [1.165, 1.54) is 48.7 Å². The van der Waals surface area contributed by atoms with Crippen LogP contribution in [0.4, 0.5) is 51.7 Å². The molecule has 314 valence electrons. The standard InChI is InChI=1S/C20H23F2N3O4S.C20H25F2N3O2S/c1-24(30(28,29)17-5-3-2-4-6-17)16-7-8-18(19(13-16)25(26)27)23-14-15-9-11-20(21,22)12-10-15;1-25(28(26,27)17-5-3-2-4-6-17)16-7-8-19(18(23)13-16)24-14-15-9-11-20(21,22)12-10-15/h2-8,13,15,23H,9-12,14H2,1H3;2-8,13,15,24H,9-12,14,23H2,1H3. The average Bonchev–Trinajstić information content (AvgIpc) is 3.20. The Morgan fingerprint density at radius 3 is 1.43 bits per heavy atom. The van der Waals surface area contributed by atoms with Gasteiger partial charge in [-0.25, -0.2) is 34.4 Å². The molecule has 2 saturated carbocycles. The Balaban J connectivity index is 0.000000221. The number of hydrogen-bond acceptors (Lipinski definition) is 9. The molecule has 2 aliphatic carbocycles. The maximum absolute atomic E-state index is 13.3. The summed E-state index contributed by atoms with van der Waals surface area (Å²) in [6.45, 7) is 0.909. The zero-order valence-electron chi connectivity index (χ0n) is 32.2. The minimum absolute atomic E-state index is 0.00466. The molecule has 4 aromatic rings. The van der Waals surface area contributed by atoms with Crippen molar-refractivity contribution in [3.63, 3.8) is 0 Å². The highest BCUT2D eigenvalue weighted by molar-refractivity contribution is 7.93. The molecule has 0 aliphatic heterocycles. The zero-order chi connectivity index (χ0) is 42.3. The van der Waals surface area contributed by atoms with Crippen LogP contribution in [0.15, 0.2) is 107 Å².